The largest absolute Gasteiger partial charge is 0.493 e. The molecular weight excluding hydrogens is 498 g/mol. The van der Waals surface area contributed by atoms with Gasteiger partial charge in [-0.3, -0.25) is 9.59 Å². The Morgan fingerprint density at radius 1 is 1.21 bits per heavy atom. The number of para-hydroxylation sites is 1. The van der Waals surface area contributed by atoms with Crippen molar-refractivity contribution in [2.24, 2.45) is 0 Å². The third-order valence-electron chi connectivity index (χ3n) is 4.56. The van der Waals surface area contributed by atoms with Crippen molar-refractivity contribution in [2.75, 3.05) is 19.0 Å². The Bertz CT molecular complexity index is 1130. The molecule has 3 N–H and O–H groups in total. The highest BCUT2D eigenvalue weighted by Crippen LogP contribution is 2.34. The Hall–Kier alpha value is -3.86. The van der Waals surface area contributed by atoms with Crippen molar-refractivity contribution in [3.63, 3.8) is 0 Å². The minimum absolute atomic E-state index is 0.0934. The molecule has 0 radical (unpaired) electrons. The van der Waals surface area contributed by atoms with E-state index in [1.165, 1.54) is 20.1 Å². The van der Waals surface area contributed by atoms with Gasteiger partial charge in [-0.25, -0.2) is 14.5 Å². The number of methoxy groups -OCH3 is 1. The number of hydrogen-bond donors (Lipinski definition) is 3. The summed E-state index contributed by atoms with van der Waals surface area (Å²) in [5, 5.41) is 14.2. The van der Waals surface area contributed by atoms with Gasteiger partial charge in [0.15, 0.2) is 17.6 Å². The van der Waals surface area contributed by atoms with E-state index in [1.54, 1.807) is 42.5 Å². The summed E-state index contributed by atoms with van der Waals surface area (Å²) in [6.45, 7) is 0.857. The van der Waals surface area contributed by atoms with E-state index in [4.69, 9.17) is 14.6 Å². The Morgan fingerprint density at radius 3 is 2.55 bits per heavy atom. The van der Waals surface area contributed by atoms with Crippen LogP contribution in [0.25, 0.3) is 6.08 Å². The number of amides is 4. The van der Waals surface area contributed by atoms with Gasteiger partial charge in [0.25, 0.3) is 5.91 Å². The second-order valence-electron chi connectivity index (χ2n) is 6.91. The van der Waals surface area contributed by atoms with Gasteiger partial charge in [-0.2, -0.15) is 0 Å². The maximum Gasteiger partial charge on any atom is 0.344 e. The number of urea groups is 1. The number of carboxylic acid groups (broad SMARTS) is 1. The molecule has 2 aromatic rings. The molecule has 172 valence electrons. The van der Waals surface area contributed by atoms with Crippen molar-refractivity contribution in [1.29, 1.82) is 0 Å². The summed E-state index contributed by atoms with van der Waals surface area (Å²) in [4.78, 5) is 49.4. The number of ether oxygens (including phenoxy) is 2. The lowest BCUT2D eigenvalue weighted by Gasteiger charge is -2.16. The van der Waals surface area contributed by atoms with E-state index >= 15 is 0 Å². The van der Waals surface area contributed by atoms with Gasteiger partial charge in [0.05, 0.1) is 7.11 Å². The van der Waals surface area contributed by atoms with Crippen molar-refractivity contribution in [3.8, 4) is 11.5 Å². The number of carbonyl (C=O) groups excluding carboxylic acids is 3. The maximum atomic E-state index is 12.8. The van der Waals surface area contributed by atoms with E-state index in [2.05, 4.69) is 26.6 Å². The van der Waals surface area contributed by atoms with Gasteiger partial charge in [-0.1, -0.05) is 28.1 Å². The molecule has 33 heavy (non-hydrogen) atoms. The van der Waals surface area contributed by atoms with Crippen LogP contribution in [0.2, 0.25) is 0 Å². The molecule has 1 aliphatic rings. The number of halogens is 1. The van der Waals surface area contributed by atoms with Crippen molar-refractivity contribution in [3.05, 3.63) is 58.2 Å². The Morgan fingerprint density at radius 2 is 1.91 bits per heavy atom. The van der Waals surface area contributed by atoms with E-state index < -0.39 is 36.5 Å². The number of rotatable bonds is 8. The van der Waals surface area contributed by atoms with Crippen LogP contribution in [0, 0.1) is 0 Å². The fourth-order valence-electron chi connectivity index (χ4n) is 2.91. The summed E-state index contributed by atoms with van der Waals surface area (Å²) in [5.74, 6) is -2.11. The van der Waals surface area contributed by atoms with Crippen LogP contribution in [0.15, 0.2) is 52.6 Å². The zero-order chi connectivity index (χ0) is 24.1. The molecule has 10 nitrogen and oxygen atoms in total. The predicted molar refractivity (Wildman–Crippen MR) is 122 cm³/mol. The molecule has 1 saturated heterocycles. The first-order chi connectivity index (χ1) is 15.7. The molecule has 0 spiro atoms. The number of benzene rings is 2. The van der Waals surface area contributed by atoms with Crippen molar-refractivity contribution in [1.82, 2.24) is 10.2 Å². The van der Waals surface area contributed by atoms with Crippen LogP contribution in [0.4, 0.5) is 10.5 Å². The first-order valence-electron chi connectivity index (χ1n) is 9.66. The highest BCUT2D eigenvalue weighted by atomic mass is 79.9. The van der Waals surface area contributed by atoms with Crippen LogP contribution in [0.1, 0.15) is 12.5 Å². The first-order valence-corrected chi connectivity index (χ1v) is 10.5. The lowest BCUT2D eigenvalue weighted by atomic mass is 10.1. The van der Waals surface area contributed by atoms with Gasteiger partial charge in [-0.15, -0.1) is 0 Å². The summed E-state index contributed by atoms with van der Waals surface area (Å²) in [5.41, 5.74) is 0.724. The molecular formula is C22H20BrN3O7. The quantitative estimate of drug-likeness (QED) is 0.362. The lowest BCUT2D eigenvalue weighted by molar-refractivity contribution is -0.144. The Labute approximate surface area is 197 Å². The molecule has 1 heterocycles. The third-order valence-corrected chi connectivity index (χ3v) is 5.09. The molecule has 0 unspecified atom stereocenters. The minimum atomic E-state index is -1.19. The minimum Gasteiger partial charge on any atom is -0.493 e. The first kappa shape index (κ1) is 23.8. The molecule has 0 aliphatic carbocycles. The van der Waals surface area contributed by atoms with Crippen LogP contribution < -0.4 is 20.1 Å². The number of carbonyl (C=O) groups is 4. The fraction of sp³-hybridized carbons (Fsp3) is 0.182. The van der Waals surface area contributed by atoms with Crippen LogP contribution in [-0.2, 0) is 14.4 Å². The summed E-state index contributed by atoms with van der Waals surface area (Å²) >= 11 is 3.30. The molecule has 0 saturated carbocycles. The molecule has 0 aromatic heterocycles. The molecule has 1 fully saturated rings. The smallest absolute Gasteiger partial charge is 0.344 e. The average Bonchev–Trinajstić information content (AvgIpc) is 3.03. The molecule has 11 heteroatoms. The second-order valence-corrected chi connectivity index (χ2v) is 7.83. The molecule has 0 bridgehead atoms. The SMILES string of the molecule is COc1cccc(/C=C2\NC(=O)N(CC(=O)Nc3ccc(Br)cc3)C2=O)c1O[C@@H](C)C(=O)O. The second kappa shape index (κ2) is 10.2. The summed E-state index contributed by atoms with van der Waals surface area (Å²) in [6, 6.07) is 10.8. The predicted octanol–water partition coefficient (Wildman–Crippen LogP) is 2.84. The number of hydrogen-bond acceptors (Lipinski definition) is 6. The zero-order valence-electron chi connectivity index (χ0n) is 17.6. The maximum absolute atomic E-state index is 12.8. The number of aliphatic carboxylic acids is 1. The number of nitrogens with zero attached hydrogens (tertiary/aromatic N) is 1. The molecule has 1 atom stereocenters. The highest BCUT2D eigenvalue weighted by molar-refractivity contribution is 9.10. The standard InChI is InChI=1S/C22H20BrN3O7/c1-12(21(29)30)33-19-13(4-3-5-17(19)32-2)10-16-20(28)26(22(31)25-16)11-18(27)24-15-8-6-14(23)7-9-15/h3-10,12H,11H2,1-2H3,(H,24,27)(H,25,31)(H,29,30)/b16-10-/t12-/m0/s1. The van der Waals surface area contributed by atoms with Gasteiger partial charge >= 0.3 is 12.0 Å². The van der Waals surface area contributed by atoms with Crippen LogP contribution in [-0.4, -0.2) is 53.6 Å². The Kier molecular flexibility index (Phi) is 7.34. The van der Waals surface area contributed by atoms with Crippen LogP contribution >= 0.6 is 15.9 Å². The summed E-state index contributed by atoms with van der Waals surface area (Å²) in [7, 11) is 1.39. The highest BCUT2D eigenvalue weighted by Gasteiger charge is 2.35. The molecule has 4 amide bonds. The van der Waals surface area contributed by atoms with E-state index in [9.17, 15) is 19.2 Å². The average molecular weight is 518 g/mol. The zero-order valence-corrected chi connectivity index (χ0v) is 19.2. The van der Waals surface area contributed by atoms with Crippen molar-refractivity contribution < 1.29 is 33.8 Å². The summed E-state index contributed by atoms with van der Waals surface area (Å²) in [6.07, 6.45) is 0.144. The van der Waals surface area contributed by atoms with Crippen molar-refractivity contribution in [2.45, 2.75) is 13.0 Å². The van der Waals surface area contributed by atoms with E-state index in [0.717, 1.165) is 9.37 Å². The van der Waals surface area contributed by atoms with Crippen molar-refractivity contribution >= 4 is 51.5 Å². The van der Waals surface area contributed by atoms with Crippen LogP contribution in [0.3, 0.4) is 0 Å². The molecule has 3 rings (SSSR count). The third kappa shape index (κ3) is 5.69. The Balaban J connectivity index is 1.80. The lowest BCUT2D eigenvalue weighted by Crippen LogP contribution is -2.38. The monoisotopic (exact) mass is 517 g/mol. The van der Waals surface area contributed by atoms with E-state index in [0.29, 0.717) is 11.3 Å². The van der Waals surface area contributed by atoms with Gasteiger partial charge in [0.2, 0.25) is 5.91 Å². The van der Waals surface area contributed by atoms with E-state index in [-0.39, 0.29) is 17.2 Å². The van der Waals surface area contributed by atoms with Gasteiger partial charge < -0.3 is 25.2 Å². The van der Waals surface area contributed by atoms with Gasteiger partial charge in [-0.05, 0) is 43.3 Å². The fourth-order valence-corrected chi connectivity index (χ4v) is 3.17. The summed E-state index contributed by atoms with van der Waals surface area (Å²) < 4.78 is 11.6. The van der Waals surface area contributed by atoms with Gasteiger partial charge in [0.1, 0.15) is 12.2 Å². The number of anilines is 1. The molecule has 1 aliphatic heterocycles. The van der Waals surface area contributed by atoms with Crippen LogP contribution in [0.5, 0.6) is 11.5 Å². The van der Waals surface area contributed by atoms with E-state index in [1.807, 2.05) is 0 Å². The number of imide groups is 1. The molecule has 2 aromatic carbocycles. The topological polar surface area (TPSA) is 134 Å². The van der Waals surface area contributed by atoms with Gasteiger partial charge in [0, 0.05) is 15.7 Å². The number of nitrogens with one attached hydrogen (secondary N) is 2. The normalized spacial score (nSPS) is 15.2. The number of carboxylic acids is 1.